The van der Waals surface area contributed by atoms with Crippen LogP contribution in [-0.4, -0.2) is 34.1 Å². The third-order valence-electron chi connectivity index (χ3n) is 4.93. The maximum atomic E-state index is 4.72. The van der Waals surface area contributed by atoms with Gasteiger partial charge in [-0.2, -0.15) is 0 Å². The van der Waals surface area contributed by atoms with Crippen LogP contribution in [0.25, 0.3) is 21.6 Å². The summed E-state index contributed by atoms with van der Waals surface area (Å²) in [5.74, 6) is 1.84. The minimum atomic E-state index is 0.647. The molecule has 0 amide bonds. The molecule has 0 radical (unpaired) electrons. The number of imidazole rings is 1. The number of thiazole rings is 1. The van der Waals surface area contributed by atoms with Gasteiger partial charge in [0, 0.05) is 31.1 Å². The number of guanidine groups is 1. The molecule has 2 aromatic carbocycles. The molecule has 0 aliphatic carbocycles. The monoisotopic (exact) mass is 418 g/mol. The molecule has 0 unspecified atom stereocenters. The van der Waals surface area contributed by atoms with Crippen molar-refractivity contribution in [1.29, 1.82) is 0 Å². The molecule has 0 fully saturated rings. The van der Waals surface area contributed by atoms with Gasteiger partial charge in [0.15, 0.2) is 5.96 Å². The summed E-state index contributed by atoms with van der Waals surface area (Å²) in [4.78, 5) is 13.7. The second-order valence-electron chi connectivity index (χ2n) is 7.02. The molecule has 0 bridgehead atoms. The van der Waals surface area contributed by atoms with Crippen LogP contribution in [0.4, 0.5) is 0 Å². The van der Waals surface area contributed by atoms with Crippen LogP contribution in [0.1, 0.15) is 17.9 Å². The Balaban J connectivity index is 1.25. The van der Waals surface area contributed by atoms with Crippen LogP contribution in [0.2, 0.25) is 0 Å². The van der Waals surface area contributed by atoms with Crippen molar-refractivity contribution in [2.75, 3.05) is 13.6 Å². The van der Waals surface area contributed by atoms with Crippen LogP contribution in [0.5, 0.6) is 0 Å². The van der Waals surface area contributed by atoms with Gasteiger partial charge in [-0.25, -0.2) is 9.97 Å². The summed E-state index contributed by atoms with van der Waals surface area (Å²) < 4.78 is 2.27. The number of hydrogen-bond acceptors (Lipinski definition) is 4. The third-order valence-corrected chi connectivity index (χ3v) is 5.87. The van der Waals surface area contributed by atoms with E-state index in [1.807, 2.05) is 24.3 Å². The first-order chi connectivity index (χ1) is 14.7. The second kappa shape index (κ2) is 9.54. The minimum Gasteiger partial charge on any atom is -0.356 e. The molecular weight excluding hydrogens is 392 g/mol. The van der Waals surface area contributed by atoms with E-state index in [9.17, 15) is 0 Å². The molecule has 4 aromatic rings. The highest BCUT2D eigenvalue weighted by atomic mass is 32.1. The Labute approximate surface area is 180 Å². The van der Waals surface area contributed by atoms with E-state index < -0.39 is 0 Å². The zero-order chi connectivity index (χ0) is 20.8. The number of fused-ring (bicyclic) bond motifs is 1. The highest BCUT2D eigenvalue weighted by molar-refractivity contribution is 7.13. The Kier molecular flexibility index (Phi) is 6.39. The lowest BCUT2D eigenvalue weighted by Crippen LogP contribution is -2.37. The predicted molar refractivity (Wildman–Crippen MR) is 125 cm³/mol. The van der Waals surface area contributed by atoms with Gasteiger partial charge in [-0.15, -0.1) is 11.3 Å². The van der Waals surface area contributed by atoms with Crippen molar-refractivity contribution in [3.63, 3.8) is 0 Å². The fourth-order valence-electron chi connectivity index (χ4n) is 3.42. The number of aromatic nitrogens is 3. The molecule has 6 nitrogen and oxygen atoms in total. The maximum absolute atomic E-state index is 4.72. The van der Waals surface area contributed by atoms with E-state index in [1.54, 1.807) is 18.4 Å². The summed E-state index contributed by atoms with van der Waals surface area (Å²) >= 11 is 1.66. The van der Waals surface area contributed by atoms with Gasteiger partial charge in [0.25, 0.3) is 0 Å². The number of hydrogen-bond donors (Lipinski definition) is 2. The number of nitrogens with zero attached hydrogens (tertiary/aromatic N) is 4. The largest absolute Gasteiger partial charge is 0.356 e. The lowest BCUT2D eigenvalue weighted by atomic mass is 10.2. The zero-order valence-corrected chi connectivity index (χ0v) is 18.1. The second-order valence-corrected chi connectivity index (χ2v) is 7.87. The normalized spacial score (nSPS) is 11.7. The lowest BCUT2D eigenvalue weighted by Gasteiger charge is -2.12. The highest BCUT2D eigenvalue weighted by Crippen LogP contribution is 2.23. The van der Waals surface area contributed by atoms with E-state index in [4.69, 9.17) is 4.98 Å². The van der Waals surface area contributed by atoms with Crippen LogP contribution in [0, 0.1) is 6.92 Å². The smallest absolute Gasteiger partial charge is 0.191 e. The van der Waals surface area contributed by atoms with Crippen LogP contribution in [0.15, 0.2) is 65.0 Å². The Morgan fingerprint density at radius 3 is 2.67 bits per heavy atom. The molecule has 0 saturated carbocycles. The number of aliphatic imine (C=N–C) groups is 1. The fourth-order valence-corrected chi connectivity index (χ4v) is 4.24. The van der Waals surface area contributed by atoms with Crippen molar-refractivity contribution in [2.24, 2.45) is 4.99 Å². The number of para-hydroxylation sites is 2. The van der Waals surface area contributed by atoms with Crippen LogP contribution in [-0.2, 0) is 13.1 Å². The molecule has 7 heteroatoms. The van der Waals surface area contributed by atoms with E-state index in [0.29, 0.717) is 6.54 Å². The van der Waals surface area contributed by atoms with Gasteiger partial charge in [0.05, 0.1) is 23.3 Å². The molecule has 0 spiro atoms. The van der Waals surface area contributed by atoms with Crippen molar-refractivity contribution in [2.45, 2.75) is 26.4 Å². The molecule has 0 aliphatic heterocycles. The van der Waals surface area contributed by atoms with Gasteiger partial charge in [-0.05, 0) is 25.5 Å². The molecule has 30 heavy (non-hydrogen) atoms. The number of nitrogens with one attached hydrogen (secondary N) is 2. The Morgan fingerprint density at radius 2 is 1.83 bits per heavy atom. The Bertz CT molecular complexity index is 1130. The Morgan fingerprint density at radius 1 is 1.03 bits per heavy atom. The summed E-state index contributed by atoms with van der Waals surface area (Å²) in [6.07, 6.45) is 0.983. The molecule has 0 aliphatic rings. The SMILES string of the molecule is CN=C(NCCCn1c(C)nc2ccccc21)NCc1csc(-c2ccccc2)n1. The van der Waals surface area contributed by atoms with Crippen LogP contribution in [0.3, 0.4) is 0 Å². The topological polar surface area (TPSA) is 67.1 Å². The van der Waals surface area contributed by atoms with Crippen molar-refractivity contribution < 1.29 is 0 Å². The number of benzene rings is 2. The van der Waals surface area contributed by atoms with E-state index in [2.05, 4.69) is 67.8 Å². The molecule has 0 saturated heterocycles. The minimum absolute atomic E-state index is 0.647. The van der Waals surface area contributed by atoms with Gasteiger partial charge in [0.2, 0.25) is 0 Å². The first kappa shape index (κ1) is 20.1. The maximum Gasteiger partial charge on any atom is 0.191 e. The van der Waals surface area contributed by atoms with E-state index >= 15 is 0 Å². The van der Waals surface area contributed by atoms with Gasteiger partial charge in [-0.1, -0.05) is 42.5 Å². The van der Waals surface area contributed by atoms with Crippen molar-refractivity contribution in [3.8, 4) is 10.6 Å². The molecule has 2 aromatic heterocycles. The standard InChI is InChI=1S/C23H26N6S/c1-17-27-20-11-6-7-12-21(20)29(17)14-8-13-25-23(24-2)26-15-19-16-30-22(28-19)18-9-4-3-5-10-18/h3-7,9-12,16H,8,13-15H2,1-2H3,(H2,24,25,26). The molecule has 2 N–H and O–H groups in total. The zero-order valence-electron chi connectivity index (χ0n) is 17.3. The van der Waals surface area contributed by atoms with Crippen LogP contribution < -0.4 is 10.6 Å². The molecule has 2 heterocycles. The van der Waals surface area contributed by atoms with E-state index in [0.717, 1.165) is 53.1 Å². The first-order valence-electron chi connectivity index (χ1n) is 10.1. The molecule has 0 atom stereocenters. The van der Waals surface area contributed by atoms with E-state index in [1.165, 1.54) is 5.52 Å². The number of rotatable bonds is 7. The van der Waals surface area contributed by atoms with E-state index in [-0.39, 0.29) is 0 Å². The molecule has 154 valence electrons. The van der Waals surface area contributed by atoms with Crippen molar-refractivity contribution in [1.82, 2.24) is 25.2 Å². The van der Waals surface area contributed by atoms with Gasteiger partial charge in [-0.3, -0.25) is 4.99 Å². The van der Waals surface area contributed by atoms with Crippen molar-refractivity contribution >= 4 is 28.3 Å². The fraction of sp³-hybridized carbons (Fsp3) is 0.261. The lowest BCUT2D eigenvalue weighted by molar-refractivity contribution is 0.624. The average molecular weight is 419 g/mol. The number of aryl methyl sites for hydroxylation is 2. The average Bonchev–Trinajstić information content (AvgIpc) is 3.38. The van der Waals surface area contributed by atoms with Crippen LogP contribution >= 0.6 is 11.3 Å². The first-order valence-corrected chi connectivity index (χ1v) is 11.0. The summed E-state index contributed by atoms with van der Waals surface area (Å²) in [6, 6.07) is 18.5. The highest BCUT2D eigenvalue weighted by Gasteiger charge is 2.07. The summed E-state index contributed by atoms with van der Waals surface area (Å²) in [5.41, 5.74) is 4.41. The molecular formula is C23H26N6S. The van der Waals surface area contributed by atoms with Gasteiger partial charge < -0.3 is 15.2 Å². The van der Waals surface area contributed by atoms with Crippen molar-refractivity contribution in [3.05, 3.63) is 71.5 Å². The summed E-state index contributed by atoms with van der Waals surface area (Å²) in [7, 11) is 1.79. The summed E-state index contributed by atoms with van der Waals surface area (Å²) in [6.45, 7) is 4.46. The predicted octanol–water partition coefficient (Wildman–Crippen LogP) is 4.22. The third kappa shape index (κ3) is 4.68. The summed E-state index contributed by atoms with van der Waals surface area (Å²) in [5, 5.41) is 9.87. The quantitative estimate of drug-likeness (QED) is 0.268. The Hall–Kier alpha value is -3.19. The van der Waals surface area contributed by atoms with Gasteiger partial charge in [0.1, 0.15) is 10.8 Å². The molecule has 4 rings (SSSR count). The van der Waals surface area contributed by atoms with Gasteiger partial charge >= 0.3 is 0 Å².